The first kappa shape index (κ1) is 9.77. The zero-order valence-corrected chi connectivity index (χ0v) is 9.71. The van der Waals surface area contributed by atoms with E-state index in [-0.39, 0.29) is 0 Å². The largest absolute Gasteiger partial charge is 0.384 e. The quantitative estimate of drug-likeness (QED) is 0.873. The Morgan fingerprint density at radius 2 is 2.43 bits per heavy atom. The van der Waals surface area contributed by atoms with Gasteiger partial charge in [-0.25, -0.2) is 4.98 Å². The summed E-state index contributed by atoms with van der Waals surface area (Å²) in [6.45, 7) is 3.31. The van der Waals surface area contributed by atoms with Crippen molar-refractivity contribution in [2.45, 2.75) is 13.3 Å². The van der Waals surface area contributed by atoms with Crippen LogP contribution in [0.4, 0.5) is 11.5 Å². The number of halogens is 1. The fraction of sp³-hybridized carbons (Fsp3) is 0.500. The molecule has 4 heteroatoms. The molecule has 14 heavy (non-hydrogen) atoms. The molecule has 0 aromatic carbocycles. The number of hydrogen-bond donors (Lipinski definition) is 2. The van der Waals surface area contributed by atoms with Crippen molar-refractivity contribution in [1.82, 2.24) is 4.98 Å². The summed E-state index contributed by atoms with van der Waals surface area (Å²) in [6.07, 6.45) is 3.07. The molecule has 0 amide bonds. The van der Waals surface area contributed by atoms with E-state index >= 15 is 0 Å². The number of anilines is 2. The van der Waals surface area contributed by atoms with Crippen molar-refractivity contribution in [3.63, 3.8) is 0 Å². The highest BCUT2D eigenvalue weighted by Crippen LogP contribution is 2.38. The van der Waals surface area contributed by atoms with Gasteiger partial charge < -0.3 is 11.1 Å². The maximum atomic E-state index is 5.60. The number of nitrogens with zero attached hydrogens (tertiary/aromatic N) is 1. The van der Waals surface area contributed by atoms with E-state index < -0.39 is 0 Å². The minimum atomic E-state index is 0.555. The van der Waals surface area contributed by atoms with Gasteiger partial charge in [0.1, 0.15) is 5.82 Å². The molecule has 1 aromatic rings. The van der Waals surface area contributed by atoms with Gasteiger partial charge in [-0.2, -0.15) is 0 Å². The summed E-state index contributed by atoms with van der Waals surface area (Å²) in [5.74, 6) is 2.26. The molecule has 1 aliphatic carbocycles. The van der Waals surface area contributed by atoms with Crippen molar-refractivity contribution in [2.75, 3.05) is 17.6 Å². The van der Waals surface area contributed by atoms with E-state index in [0.29, 0.717) is 5.82 Å². The average molecular weight is 256 g/mol. The Balaban J connectivity index is 1.97. The van der Waals surface area contributed by atoms with E-state index in [1.165, 1.54) is 6.42 Å². The second-order valence-corrected chi connectivity index (χ2v) is 4.80. The van der Waals surface area contributed by atoms with Gasteiger partial charge in [0.2, 0.25) is 0 Å². The fourth-order valence-electron chi connectivity index (χ4n) is 1.51. The third-order valence-corrected chi connectivity index (χ3v) is 3.34. The number of nitrogen functional groups attached to an aromatic ring is 1. The maximum Gasteiger partial charge on any atom is 0.125 e. The lowest BCUT2D eigenvalue weighted by molar-refractivity contribution is 0.787. The van der Waals surface area contributed by atoms with Crippen LogP contribution in [-0.4, -0.2) is 11.5 Å². The van der Waals surface area contributed by atoms with Crippen LogP contribution in [0.1, 0.15) is 13.3 Å². The number of pyridine rings is 1. The molecule has 1 saturated carbocycles. The van der Waals surface area contributed by atoms with Gasteiger partial charge in [0.25, 0.3) is 0 Å². The topological polar surface area (TPSA) is 50.9 Å². The Hall–Kier alpha value is -0.770. The normalized spacial score (nSPS) is 24.7. The van der Waals surface area contributed by atoms with E-state index in [1.54, 1.807) is 6.20 Å². The summed E-state index contributed by atoms with van der Waals surface area (Å²) in [4.78, 5) is 3.99. The molecule has 0 radical (unpaired) electrons. The van der Waals surface area contributed by atoms with Crippen molar-refractivity contribution < 1.29 is 0 Å². The molecule has 76 valence electrons. The van der Waals surface area contributed by atoms with Crippen LogP contribution in [0, 0.1) is 11.8 Å². The van der Waals surface area contributed by atoms with Gasteiger partial charge in [-0.1, -0.05) is 6.92 Å². The average Bonchev–Trinajstić information content (AvgIpc) is 2.84. The van der Waals surface area contributed by atoms with Crippen LogP contribution in [-0.2, 0) is 0 Å². The Morgan fingerprint density at radius 3 is 3.07 bits per heavy atom. The summed E-state index contributed by atoms with van der Waals surface area (Å²) in [5, 5.41) is 3.38. The molecule has 3 N–H and O–H groups in total. The van der Waals surface area contributed by atoms with Gasteiger partial charge in [-0.3, -0.25) is 0 Å². The minimum Gasteiger partial charge on any atom is -0.384 e. The van der Waals surface area contributed by atoms with Crippen molar-refractivity contribution in [2.24, 2.45) is 11.8 Å². The van der Waals surface area contributed by atoms with E-state index in [9.17, 15) is 0 Å². The molecular formula is C10H14BrN3. The summed E-state index contributed by atoms with van der Waals surface area (Å²) in [7, 11) is 0. The molecule has 0 bridgehead atoms. The van der Waals surface area contributed by atoms with Crippen LogP contribution in [0.2, 0.25) is 0 Å². The highest BCUT2D eigenvalue weighted by molar-refractivity contribution is 9.10. The molecule has 0 saturated heterocycles. The summed E-state index contributed by atoms with van der Waals surface area (Å²) < 4.78 is 0.972. The first-order chi connectivity index (χ1) is 6.66. The third-order valence-electron chi connectivity index (χ3n) is 2.71. The lowest BCUT2D eigenvalue weighted by Gasteiger charge is -2.08. The second kappa shape index (κ2) is 3.77. The smallest absolute Gasteiger partial charge is 0.125 e. The molecule has 2 rings (SSSR count). The monoisotopic (exact) mass is 255 g/mol. The van der Waals surface area contributed by atoms with Gasteiger partial charge >= 0.3 is 0 Å². The summed E-state index contributed by atoms with van der Waals surface area (Å²) >= 11 is 3.44. The highest BCUT2D eigenvalue weighted by atomic mass is 79.9. The van der Waals surface area contributed by atoms with E-state index in [0.717, 1.165) is 28.5 Å². The first-order valence-corrected chi connectivity index (χ1v) is 5.61. The Bertz CT molecular complexity index is 340. The second-order valence-electron chi connectivity index (χ2n) is 3.94. The lowest BCUT2D eigenvalue weighted by atomic mass is 10.3. The van der Waals surface area contributed by atoms with Crippen LogP contribution in [0.25, 0.3) is 0 Å². The number of hydrogen-bond acceptors (Lipinski definition) is 3. The molecule has 0 spiro atoms. The number of rotatable bonds is 3. The number of aromatic nitrogens is 1. The maximum absolute atomic E-state index is 5.60. The molecular weight excluding hydrogens is 242 g/mol. The summed E-state index contributed by atoms with van der Waals surface area (Å²) in [6, 6.07) is 1.86. The molecule has 2 atom stereocenters. The zero-order chi connectivity index (χ0) is 10.1. The molecule has 3 nitrogen and oxygen atoms in total. The molecule has 1 aliphatic rings. The van der Waals surface area contributed by atoms with Crippen molar-refractivity contribution in [1.29, 1.82) is 0 Å². The van der Waals surface area contributed by atoms with E-state index in [2.05, 4.69) is 33.2 Å². The van der Waals surface area contributed by atoms with E-state index in [1.807, 2.05) is 6.07 Å². The van der Waals surface area contributed by atoms with Crippen LogP contribution in [0.15, 0.2) is 16.7 Å². The summed E-state index contributed by atoms with van der Waals surface area (Å²) in [5.41, 5.74) is 6.64. The van der Waals surface area contributed by atoms with Gasteiger partial charge in [0.05, 0.1) is 10.2 Å². The number of nitrogens with two attached hydrogens (primary N) is 1. The Labute approximate surface area is 92.2 Å². The van der Waals surface area contributed by atoms with Crippen LogP contribution in [0.3, 0.4) is 0 Å². The SMILES string of the molecule is CC1CC1CNc1cc(N)ncc1Br. The van der Waals surface area contributed by atoms with Crippen molar-refractivity contribution >= 4 is 27.4 Å². The fourth-order valence-corrected chi connectivity index (χ4v) is 1.87. The van der Waals surface area contributed by atoms with Crippen molar-refractivity contribution in [3.05, 3.63) is 16.7 Å². The first-order valence-electron chi connectivity index (χ1n) is 4.81. The lowest BCUT2D eigenvalue weighted by Crippen LogP contribution is -2.05. The van der Waals surface area contributed by atoms with E-state index in [4.69, 9.17) is 5.73 Å². The van der Waals surface area contributed by atoms with Gasteiger partial charge in [0, 0.05) is 18.8 Å². The van der Waals surface area contributed by atoms with Crippen LogP contribution < -0.4 is 11.1 Å². The Morgan fingerprint density at radius 1 is 1.71 bits per heavy atom. The van der Waals surface area contributed by atoms with Crippen LogP contribution in [0.5, 0.6) is 0 Å². The molecule has 0 aliphatic heterocycles. The molecule has 1 heterocycles. The van der Waals surface area contributed by atoms with Crippen molar-refractivity contribution in [3.8, 4) is 0 Å². The van der Waals surface area contributed by atoms with Crippen LogP contribution >= 0.6 is 15.9 Å². The molecule has 2 unspecified atom stereocenters. The molecule has 1 fully saturated rings. The van der Waals surface area contributed by atoms with Gasteiger partial charge in [0.15, 0.2) is 0 Å². The zero-order valence-electron chi connectivity index (χ0n) is 8.13. The van der Waals surface area contributed by atoms with Gasteiger partial charge in [-0.15, -0.1) is 0 Å². The standard InChI is InChI=1S/C10H14BrN3/c1-6-2-7(6)4-13-9-3-10(12)14-5-8(9)11/h3,5-7H,2,4H2,1H3,(H3,12,13,14). The highest BCUT2D eigenvalue weighted by Gasteiger charge is 2.31. The predicted octanol–water partition coefficient (Wildman–Crippen LogP) is 2.49. The predicted molar refractivity (Wildman–Crippen MR) is 62.1 cm³/mol. The third kappa shape index (κ3) is 2.18. The minimum absolute atomic E-state index is 0.555. The van der Waals surface area contributed by atoms with Gasteiger partial charge in [-0.05, 0) is 34.2 Å². The number of nitrogens with one attached hydrogen (secondary N) is 1. The Kier molecular flexibility index (Phi) is 2.63. The molecule has 1 aromatic heterocycles.